The first kappa shape index (κ1) is 17.0. The van der Waals surface area contributed by atoms with Crippen LogP contribution in [0.2, 0.25) is 0 Å². The van der Waals surface area contributed by atoms with Crippen LogP contribution in [-0.2, 0) is 16.1 Å². The molecule has 0 unspecified atom stereocenters. The fraction of sp³-hybridized carbons (Fsp3) is 0.467. The number of methoxy groups -OCH3 is 1. The van der Waals surface area contributed by atoms with Crippen LogP contribution in [-0.4, -0.2) is 63.0 Å². The average molecular weight is 293 g/mol. The molecule has 0 aliphatic rings. The number of carbonyl (C=O) groups excluding carboxylic acids is 2. The standard InChI is InChI=1S/C15H23N3O3/c1-17(2)15(20)9-16-14(19)11-18(3)10-12-5-7-13(21-4)8-6-12/h5-8H,9-11H2,1-4H3,(H,16,19). The number of nitrogens with one attached hydrogen (secondary N) is 1. The van der Waals surface area contributed by atoms with Crippen LogP contribution >= 0.6 is 0 Å². The Balaban J connectivity index is 2.36. The second-order valence-electron chi connectivity index (χ2n) is 5.09. The highest BCUT2D eigenvalue weighted by molar-refractivity contribution is 5.85. The molecule has 0 heterocycles. The lowest BCUT2D eigenvalue weighted by Crippen LogP contribution is -2.40. The van der Waals surface area contributed by atoms with Crippen molar-refractivity contribution in [3.05, 3.63) is 29.8 Å². The van der Waals surface area contributed by atoms with E-state index in [1.165, 1.54) is 4.90 Å². The van der Waals surface area contributed by atoms with Gasteiger partial charge in [0.25, 0.3) is 0 Å². The van der Waals surface area contributed by atoms with Gasteiger partial charge in [0.2, 0.25) is 11.8 Å². The Labute approximate surface area is 125 Å². The quantitative estimate of drug-likeness (QED) is 0.787. The van der Waals surface area contributed by atoms with Gasteiger partial charge >= 0.3 is 0 Å². The van der Waals surface area contributed by atoms with Crippen molar-refractivity contribution in [1.82, 2.24) is 15.1 Å². The van der Waals surface area contributed by atoms with Gasteiger partial charge in [-0.3, -0.25) is 14.5 Å². The first-order valence-corrected chi connectivity index (χ1v) is 6.70. The van der Waals surface area contributed by atoms with E-state index < -0.39 is 0 Å². The molecule has 0 fully saturated rings. The number of amides is 2. The zero-order valence-electron chi connectivity index (χ0n) is 13.0. The molecule has 0 radical (unpaired) electrons. The molecular weight excluding hydrogens is 270 g/mol. The van der Waals surface area contributed by atoms with Crippen molar-refractivity contribution in [3.63, 3.8) is 0 Å². The molecule has 1 rings (SSSR count). The lowest BCUT2D eigenvalue weighted by atomic mass is 10.2. The summed E-state index contributed by atoms with van der Waals surface area (Å²) in [5.74, 6) is 0.517. The maximum Gasteiger partial charge on any atom is 0.241 e. The summed E-state index contributed by atoms with van der Waals surface area (Å²) in [4.78, 5) is 26.4. The van der Waals surface area contributed by atoms with Crippen LogP contribution in [0.1, 0.15) is 5.56 Å². The van der Waals surface area contributed by atoms with Gasteiger partial charge in [0.05, 0.1) is 20.2 Å². The van der Waals surface area contributed by atoms with E-state index in [9.17, 15) is 9.59 Å². The Hall–Kier alpha value is -2.08. The van der Waals surface area contributed by atoms with Crippen LogP contribution in [0, 0.1) is 0 Å². The molecule has 1 aromatic carbocycles. The van der Waals surface area contributed by atoms with Gasteiger partial charge in [-0.15, -0.1) is 0 Å². The van der Waals surface area contributed by atoms with Gasteiger partial charge in [0, 0.05) is 20.6 Å². The lowest BCUT2D eigenvalue weighted by Gasteiger charge is -2.17. The Morgan fingerprint density at radius 3 is 2.29 bits per heavy atom. The molecule has 0 aliphatic heterocycles. The van der Waals surface area contributed by atoms with Gasteiger partial charge in [0.1, 0.15) is 5.75 Å². The Morgan fingerprint density at radius 1 is 1.14 bits per heavy atom. The smallest absolute Gasteiger partial charge is 0.241 e. The Bertz CT molecular complexity index is 472. The summed E-state index contributed by atoms with van der Waals surface area (Å²) in [6.07, 6.45) is 0. The molecule has 0 aliphatic carbocycles. The zero-order valence-corrected chi connectivity index (χ0v) is 13.0. The molecule has 2 amide bonds. The molecular formula is C15H23N3O3. The zero-order chi connectivity index (χ0) is 15.8. The van der Waals surface area contributed by atoms with Crippen molar-refractivity contribution in [2.45, 2.75) is 6.54 Å². The molecule has 6 nitrogen and oxygen atoms in total. The van der Waals surface area contributed by atoms with E-state index in [1.807, 2.05) is 36.2 Å². The molecule has 0 bridgehead atoms. The van der Waals surface area contributed by atoms with Crippen molar-refractivity contribution >= 4 is 11.8 Å². The number of likely N-dealkylation sites (N-methyl/N-ethyl adjacent to an activating group) is 2. The largest absolute Gasteiger partial charge is 0.497 e. The first-order valence-electron chi connectivity index (χ1n) is 6.70. The van der Waals surface area contributed by atoms with Crippen LogP contribution in [0.25, 0.3) is 0 Å². The van der Waals surface area contributed by atoms with Gasteiger partial charge in [-0.25, -0.2) is 0 Å². The predicted octanol–water partition coefficient (Wildman–Crippen LogP) is 0.331. The minimum atomic E-state index is -0.166. The fourth-order valence-electron chi connectivity index (χ4n) is 1.73. The minimum Gasteiger partial charge on any atom is -0.497 e. The van der Waals surface area contributed by atoms with E-state index in [0.29, 0.717) is 6.54 Å². The summed E-state index contributed by atoms with van der Waals surface area (Å²) in [6.45, 7) is 0.925. The van der Waals surface area contributed by atoms with Gasteiger partial charge in [0.15, 0.2) is 0 Å². The normalized spacial score (nSPS) is 10.3. The van der Waals surface area contributed by atoms with Crippen molar-refractivity contribution in [2.24, 2.45) is 0 Å². The molecule has 0 spiro atoms. The summed E-state index contributed by atoms with van der Waals surface area (Å²) in [7, 11) is 6.80. The molecule has 0 saturated carbocycles. The molecule has 1 aromatic rings. The number of nitrogens with zero attached hydrogens (tertiary/aromatic N) is 2. The van der Waals surface area contributed by atoms with Crippen molar-refractivity contribution in [1.29, 1.82) is 0 Å². The SMILES string of the molecule is COc1ccc(CN(C)CC(=O)NCC(=O)N(C)C)cc1. The Kier molecular flexibility index (Phi) is 6.68. The molecule has 21 heavy (non-hydrogen) atoms. The monoisotopic (exact) mass is 293 g/mol. The van der Waals surface area contributed by atoms with Crippen molar-refractivity contribution in [3.8, 4) is 5.75 Å². The third-order valence-corrected chi connectivity index (χ3v) is 2.96. The van der Waals surface area contributed by atoms with E-state index in [1.54, 1.807) is 21.2 Å². The highest BCUT2D eigenvalue weighted by Crippen LogP contribution is 2.12. The summed E-state index contributed by atoms with van der Waals surface area (Å²) in [5.41, 5.74) is 1.09. The van der Waals surface area contributed by atoms with Gasteiger partial charge in [-0.2, -0.15) is 0 Å². The van der Waals surface area contributed by atoms with Crippen LogP contribution in [0.5, 0.6) is 5.75 Å². The number of hydrogen-bond acceptors (Lipinski definition) is 4. The van der Waals surface area contributed by atoms with E-state index >= 15 is 0 Å². The van der Waals surface area contributed by atoms with Crippen LogP contribution < -0.4 is 10.1 Å². The summed E-state index contributed by atoms with van der Waals surface area (Å²) < 4.78 is 5.10. The third kappa shape index (κ3) is 6.27. The van der Waals surface area contributed by atoms with E-state index in [0.717, 1.165) is 11.3 Å². The maximum absolute atomic E-state index is 11.7. The number of benzene rings is 1. The van der Waals surface area contributed by atoms with E-state index in [4.69, 9.17) is 4.74 Å². The van der Waals surface area contributed by atoms with E-state index in [-0.39, 0.29) is 24.9 Å². The molecule has 0 atom stereocenters. The lowest BCUT2D eigenvalue weighted by molar-refractivity contribution is -0.131. The third-order valence-electron chi connectivity index (χ3n) is 2.96. The topological polar surface area (TPSA) is 61.9 Å². The number of carbonyl (C=O) groups is 2. The number of rotatable bonds is 7. The average Bonchev–Trinajstić information content (AvgIpc) is 2.45. The number of hydrogen-bond donors (Lipinski definition) is 1. The van der Waals surface area contributed by atoms with E-state index in [2.05, 4.69) is 5.32 Å². The van der Waals surface area contributed by atoms with Gasteiger partial charge in [-0.05, 0) is 24.7 Å². The van der Waals surface area contributed by atoms with Gasteiger partial charge < -0.3 is 15.0 Å². The maximum atomic E-state index is 11.7. The number of ether oxygens (including phenoxy) is 1. The molecule has 1 N–H and O–H groups in total. The summed E-state index contributed by atoms with van der Waals surface area (Å²) >= 11 is 0. The van der Waals surface area contributed by atoms with Crippen molar-refractivity contribution in [2.75, 3.05) is 41.3 Å². The summed E-state index contributed by atoms with van der Waals surface area (Å²) in [5, 5.41) is 2.61. The van der Waals surface area contributed by atoms with Crippen LogP contribution in [0.3, 0.4) is 0 Å². The highest BCUT2D eigenvalue weighted by atomic mass is 16.5. The fourth-order valence-corrected chi connectivity index (χ4v) is 1.73. The molecule has 0 saturated heterocycles. The van der Waals surface area contributed by atoms with Crippen LogP contribution in [0.4, 0.5) is 0 Å². The first-order chi connectivity index (χ1) is 9.92. The Morgan fingerprint density at radius 2 is 1.76 bits per heavy atom. The molecule has 0 aromatic heterocycles. The highest BCUT2D eigenvalue weighted by Gasteiger charge is 2.10. The predicted molar refractivity (Wildman–Crippen MR) is 81.0 cm³/mol. The van der Waals surface area contributed by atoms with Crippen LogP contribution in [0.15, 0.2) is 24.3 Å². The minimum absolute atomic E-state index is 0.0300. The van der Waals surface area contributed by atoms with Gasteiger partial charge in [-0.1, -0.05) is 12.1 Å². The molecule has 6 heteroatoms. The van der Waals surface area contributed by atoms with Crippen molar-refractivity contribution < 1.29 is 14.3 Å². The second kappa shape index (κ2) is 8.26. The molecule has 116 valence electrons. The second-order valence-corrected chi connectivity index (χ2v) is 5.09. The summed E-state index contributed by atoms with van der Waals surface area (Å²) in [6, 6.07) is 7.70.